The van der Waals surface area contributed by atoms with Gasteiger partial charge in [0, 0.05) is 0 Å². The number of nitrogens with two attached hydrogens (primary N) is 1. The number of hydrogen-bond donors (Lipinski definition) is 1. The van der Waals surface area contributed by atoms with Crippen molar-refractivity contribution in [2.75, 3.05) is 6.61 Å². The molecule has 0 heterocycles. The van der Waals surface area contributed by atoms with Crippen molar-refractivity contribution in [2.45, 2.75) is 65.4 Å². The highest BCUT2D eigenvalue weighted by atomic mass is 35.5. The number of rotatable bonds is 11. The fourth-order valence-corrected chi connectivity index (χ4v) is 2.96. The second-order valence-electron chi connectivity index (χ2n) is 8.84. The second-order valence-corrected chi connectivity index (χ2v) is 8.84. The van der Waals surface area contributed by atoms with Crippen molar-refractivity contribution in [3.8, 4) is 11.5 Å². The summed E-state index contributed by atoms with van der Waals surface area (Å²) in [5.41, 5.74) is 6.86. The van der Waals surface area contributed by atoms with Crippen LogP contribution < -0.4 is 15.2 Å². The largest absolute Gasteiger partial charge is 0.514 e. The predicted molar refractivity (Wildman–Crippen MR) is 142 cm³/mol. The lowest BCUT2D eigenvalue weighted by Crippen LogP contribution is -2.36. The SMILES string of the molecule is CC(C)OC(=O)Oc1ccc(C[C@H](N)C(=O)OC[C@@H](C)OC(=O)c2ccccc2)cc1OC(=O)OC(C)C.Cl. The number of hydrogen-bond acceptors (Lipinski definition) is 11. The van der Waals surface area contributed by atoms with Gasteiger partial charge in [0.15, 0.2) is 11.5 Å². The van der Waals surface area contributed by atoms with E-state index in [2.05, 4.69) is 0 Å². The third-order valence-corrected chi connectivity index (χ3v) is 4.59. The Kier molecular flexibility index (Phi) is 13.8. The molecule has 12 heteroatoms. The summed E-state index contributed by atoms with van der Waals surface area (Å²) in [7, 11) is 0. The number of benzene rings is 2. The van der Waals surface area contributed by atoms with E-state index in [4.69, 9.17) is 34.2 Å². The number of halogens is 1. The molecule has 0 aliphatic rings. The standard InChI is InChI=1S/C27H33NO10.ClH/c1-16(2)34-26(31)37-22-12-11-19(14-23(22)38-27(32)35-17(3)4)13-21(28)25(30)33-15-18(5)36-24(29)20-9-7-6-8-10-20;/h6-12,14,16-18,21H,13,15,28H2,1-5H3;1H/t18-,21+;/m1./s1. The summed E-state index contributed by atoms with van der Waals surface area (Å²) < 4.78 is 30.7. The van der Waals surface area contributed by atoms with Crippen molar-refractivity contribution in [3.63, 3.8) is 0 Å². The van der Waals surface area contributed by atoms with E-state index < -0.39 is 48.6 Å². The van der Waals surface area contributed by atoms with Crippen LogP contribution in [0.15, 0.2) is 48.5 Å². The molecule has 0 saturated carbocycles. The third-order valence-electron chi connectivity index (χ3n) is 4.59. The van der Waals surface area contributed by atoms with Crippen LogP contribution in [0, 0.1) is 0 Å². The first kappa shape index (κ1) is 33.2. The topological polar surface area (TPSA) is 150 Å². The molecule has 0 unspecified atom stereocenters. The molecule has 0 saturated heterocycles. The normalized spacial score (nSPS) is 12.0. The molecule has 2 rings (SSSR count). The van der Waals surface area contributed by atoms with Crippen LogP contribution in [0.3, 0.4) is 0 Å². The van der Waals surface area contributed by atoms with Crippen LogP contribution in [0.2, 0.25) is 0 Å². The van der Waals surface area contributed by atoms with E-state index in [-0.39, 0.29) is 36.9 Å². The molecule has 214 valence electrons. The van der Waals surface area contributed by atoms with Crippen LogP contribution in [0.5, 0.6) is 11.5 Å². The molecule has 0 radical (unpaired) electrons. The van der Waals surface area contributed by atoms with Crippen LogP contribution in [0.4, 0.5) is 9.59 Å². The molecule has 39 heavy (non-hydrogen) atoms. The number of carbonyl (C=O) groups excluding carboxylic acids is 4. The summed E-state index contributed by atoms with van der Waals surface area (Å²) in [6, 6.07) is 11.6. The molecule has 0 bridgehead atoms. The summed E-state index contributed by atoms with van der Waals surface area (Å²) in [6.07, 6.45) is -3.57. The number of carbonyl (C=O) groups is 4. The molecule has 11 nitrogen and oxygen atoms in total. The Bertz CT molecular complexity index is 1110. The van der Waals surface area contributed by atoms with E-state index in [0.717, 1.165) is 0 Å². The Balaban J connectivity index is 0.00000760. The van der Waals surface area contributed by atoms with Gasteiger partial charge in [-0.15, -0.1) is 12.4 Å². The minimum absolute atomic E-state index is 0. The smallest absolute Gasteiger partial charge is 0.461 e. The van der Waals surface area contributed by atoms with Gasteiger partial charge in [-0.25, -0.2) is 14.4 Å². The van der Waals surface area contributed by atoms with E-state index in [1.54, 1.807) is 65.0 Å². The summed E-state index contributed by atoms with van der Waals surface area (Å²) in [6.45, 7) is 7.98. The van der Waals surface area contributed by atoms with Crippen LogP contribution >= 0.6 is 12.4 Å². The minimum atomic E-state index is -1.08. The van der Waals surface area contributed by atoms with Crippen molar-refractivity contribution in [3.05, 3.63) is 59.7 Å². The lowest BCUT2D eigenvalue weighted by atomic mass is 10.1. The van der Waals surface area contributed by atoms with Gasteiger partial charge in [-0.05, 0) is 70.9 Å². The van der Waals surface area contributed by atoms with Crippen molar-refractivity contribution < 1.29 is 47.6 Å². The zero-order valence-corrected chi connectivity index (χ0v) is 23.2. The highest BCUT2D eigenvalue weighted by Crippen LogP contribution is 2.30. The third kappa shape index (κ3) is 12.1. The van der Waals surface area contributed by atoms with Gasteiger partial charge in [0.2, 0.25) is 0 Å². The maximum Gasteiger partial charge on any atom is 0.514 e. The molecule has 2 atom stereocenters. The van der Waals surface area contributed by atoms with E-state index in [1.165, 1.54) is 18.2 Å². The van der Waals surface area contributed by atoms with Gasteiger partial charge in [0.05, 0.1) is 17.8 Å². The Morgan fingerprint density at radius 1 is 0.769 bits per heavy atom. The van der Waals surface area contributed by atoms with Gasteiger partial charge in [-0.3, -0.25) is 4.79 Å². The minimum Gasteiger partial charge on any atom is -0.461 e. The molecular weight excluding hydrogens is 534 g/mol. The molecule has 0 aromatic heterocycles. The lowest BCUT2D eigenvalue weighted by Gasteiger charge is -2.17. The summed E-state index contributed by atoms with van der Waals surface area (Å²) in [4.78, 5) is 48.5. The maximum atomic E-state index is 12.4. The van der Waals surface area contributed by atoms with Crippen molar-refractivity contribution >= 4 is 36.7 Å². The molecule has 0 fully saturated rings. The molecule has 2 N–H and O–H groups in total. The Morgan fingerprint density at radius 3 is 1.90 bits per heavy atom. The second kappa shape index (κ2) is 16.2. The van der Waals surface area contributed by atoms with Crippen molar-refractivity contribution in [1.82, 2.24) is 0 Å². The monoisotopic (exact) mass is 567 g/mol. The first-order chi connectivity index (χ1) is 17.9. The zero-order chi connectivity index (χ0) is 28.2. The molecule has 2 aromatic carbocycles. The van der Waals surface area contributed by atoms with Crippen LogP contribution in [0.25, 0.3) is 0 Å². The first-order valence-electron chi connectivity index (χ1n) is 12.0. The van der Waals surface area contributed by atoms with Crippen molar-refractivity contribution in [2.24, 2.45) is 5.73 Å². The fourth-order valence-electron chi connectivity index (χ4n) is 2.96. The highest BCUT2D eigenvalue weighted by Gasteiger charge is 2.22. The molecule has 0 aliphatic carbocycles. The van der Waals surface area contributed by atoms with Crippen LogP contribution in [-0.4, -0.2) is 55.2 Å². The van der Waals surface area contributed by atoms with Gasteiger partial charge in [0.25, 0.3) is 0 Å². The predicted octanol–water partition coefficient (Wildman–Crippen LogP) is 4.61. The van der Waals surface area contributed by atoms with Gasteiger partial charge in [0.1, 0.15) is 18.8 Å². The Morgan fingerprint density at radius 2 is 1.33 bits per heavy atom. The Hall–Kier alpha value is -3.83. The van der Waals surface area contributed by atoms with Gasteiger partial charge >= 0.3 is 24.2 Å². The quantitative estimate of drug-likeness (QED) is 0.230. The lowest BCUT2D eigenvalue weighted by molar-refractivity contribution is -0.148. The van der Waals surface area contributed by atoms with E-state index in [9.17, 15) is 19.2 Å². The number of esters is 2. The average molecular weight is 568 g/mol. The van der Waals surface area contributed by atoms with E-state index in [1.807, 2.05) is 0 Å². The van der Waals surface area contributed by atoms with Gasteiger partial charge in [-0.1, -0.05) is 24.3 Å². The summed E-state index contributed by atoms with van der Waals surface area (Å²) in [5, 5.41) is 0. The number of ether oxygens (including phenoxy) is 6. The summed E-state index contributed by atoms with van der Waals surface area (Å²) >= 11 is 0. The molecule has 0 amide bonds. The zero-order valence-electron chi connectivity index (χ0n) is 22.4. The Labute approximate surface area is 233 Å². The molecule has 0 aliphatic heterocycles. The maximum absolute atomic E-state index is 12.4. The van der Waals surface area contributed by atoms with Gasteiger partial charge in [-0.2, -0.15) is 0 Å². The van der Waals surface area contributed by atoms with E-state index in [0.29, 0.717) is 11.1 Å². The van der Waals surface area contributed by atoms with Crippen LogP contribution in [0.1, 0.15) is 50.5 Å². The van der Waals surface area contributed by atoms with E-state index >= 15 is 0 Å². The first-order valence-corrected chi connectivity index (χ1v) is 12.0. The summed E-state index contributed by atoms with van der Waals surface area (Å²) in [5.74, 6) is -1.49. The highest BCUT2D eigenvalue weighted by molar-refractivity contribution is 5.89. The average Bonchev–Trinajstić information content (AvgIpc) is 2.83. The van der Waals surface area contributed by atoms with Crippen LogP contribution in [-0.2, 0) is 30.2 Å². The molecule has 2 aromatic rings. The fraction of sp³-hybridized carbons (Fsp3) is 0.407. The van der Waals surface area contributed by atoms with Gasteiger partial charge < -0.3 is 34.2 Å². The molecule has 0 spiro atoms. The van der Waals surface area contributed by atoms with Crippen molar-refractivity contribution in [1.29, 1.82) is 0 Å². The molecular formula is C27H34ClNO10.